The summed E-state index contributed by atoms with van der Waals surface area (Å²) in [5.41, 5.74) is 0.496. The number of nitro benzene ring substituents is 1. The molecule has 1 N–H and O–H groups in total. The smallest absolute Gasteiger partial charge is 0.272 e. The highest BCUT2D eigenvalue weighted by atomic mass is 19.1. The Morgan fingerprint density at radius 3 is 2.95 bits per heavy atom. The molecular weight excluding hydrogens is 273 g/mol. The van der Waals surface area contributed by atoms with Crippen molar-refractivity contribution in [3.8, 4) is 0 Å². The summed E-state index contributed by atoms with van der Waals surface area (Å²) in [6, 6.07) is 4.25. The predicted molar refractivity (Wildman–Crippen MR) is 79.6 cm³/mol. The molecule has 1 saturated heterocycles. The molecule has 1 fully saturated rings. The molecule has 0 spiro atoms. The second-order valence-corrected chi connectivity index (χ2v) is 5.50. The molecule has 0 bridgehead atoms. The zero-order valence-electron chi connectivity index (χ0n) is 12.3. The lowest BCUT2D eigenvalue weighted by molar-refractivity contribution is -0.385. The molecule has 1 atom stereocenters. The van der Waals surface area contributed by atoms with Gasteiger partial charge in [0.15, 0.2) is 0 Å². The van der Waals surface area contributed by atoms with Crippen molar-refractivity contribution in [2.24, 2.45) is 0 Å². The Balaban J connectivity index is 2.09. The summed E-state index contributed by atoms with van der Waals surface area (Å²) in [6.07, 6.45) is 3.44. The molecule has 1 aromatic carbocycles. The average molecular weight is 295 g/mol. The van der Waals surface area contributed by atoms with Gasteiger partial charge in [-0.25, -0.2) is 4.39 Å². The first kappa shape index (κ1) is 15.9. The highest BCUT2D eigenvalue weighted by Crippen LogP contribution is 2.22. The van der Waals surface area contributed by atoms with Crippen molar-refractivity contribution in [2.45, 2.75) is 38.8 Å². The van der Waals surface area contributed by atoms with Crippen LogP contribution in [0, 0.1) is 15.9 Å². The minimum absolute atomic E-state index is 0.176. The van der Waals surface area contributed by atoms with Gasteiger partial charge in [-0.05, 0) is 37.6 Å². The summed E-state index contributed by atoms with van der Waals surface area (Å²) in [4.78, 5) is 12.6. The van der Waals surface area contributed by atoms with Crippen LogP contribution >= 0.6 is 0 Å². The van der Waals surface area contributed by atoms with Crippen LogP contribution in [-0.4, -0.2) is 35.5 Å². The molecule has 0 aromatic heterocycles. The Labute approximate surface area is 124 Å². The molecule has 1 aromatic rings. The monoisotopic (exact) mass is 295 g/mol. The van der Waals surface area contributed by atoms with Gasteiger partial charge in [0.25, 0.3) is 5.69 Å². The van der Waals surface area contributed by atoms with Gasteiger partial charge in [0.2, 0.25) is 0 Å². The number of nitrogens with one attached hydrogen (secondary N) is 1. The number of likely N-dealkylation sites (N-methyl/N-ethyl adjacent to an activating group) is 1. The lowest BCUT2D eigenvalue weighted by Gasteiger charge is -2.36. The molecule has 0 aliphatic carbocycles. The van der Waals surface area contributed by atoms with Crippen molar-refractivity contribution >= 4 is 5.69 Å². The molecule has 5 nitrogen and oxygen atoms in total. The van der Waals surface area contributed by atoms with E-state index >= 15 is 0 Å². The van der Waals surface area contributed by atoms with Crippen LogP contribution in [0.3, 0.4) is 0 Å². The van der Waals surface area contributed by atoms with E-state index in [1.165, 1.54) is 18.6 Å². The molecule has 1 aliphatic rings. The zero-order valence-corrected chi connectivity index (χ0v) is 12.3. The van der Waals surface area contributed by atoms with E-state index in [0.717, 1.165) is 38.5 Å². The first-order chi connectivity index (χ1) is 10.1. The van der Waals surface area contributed by atoms with E-state index in [1.54, 1.807) is 0 Å². The van der Waals surface area contributed by atoms with E-state index in [1.807, 2.05) is 0 Å². The lowest BCUT2D eigenvalue weighted by atomic mass is 10.0. The number of nitrogens with zero attached hydrogens (tertiary/aromatic N) is 2. The summed E-state index contributed by atoms with van der Waals surface area (Å²) in [5, 5.41) is 14.2. The predicted octanol–water partition coefficient (Wildman–Crippen LogP) is 2.70. The first-order valence-electron chi connectivity index (χ1n) is 7.48. The largest absolute Gasteiger partial charge is 0.315 e. The third-order valence-electron chi connectivity index (χ3n) is 3.92. The Hall–Kier alpha value is -1.53. The number of hydrogen-bond acceptors (Lipinski definition) is 4. The molecule has 116 valence electrons. The van der Waals surface area contributed by atoms with E-state index < -0.39 is 10.7 Å². The van der Waals surface area contributed by atoms with Crippen LogP contribution in [0.2, 0.25) is 0 Å². The summed E-state index contributed by atoms with van der Waals surface area (Å²) in [6.45, 7) is 5.43. The Bertz CT molecular complexity index is 496. The molecule has 1 unspecified atom stereocenters. The van der Waals surface area contributed by atoms with Crippen molar-refractivity contribution < 1.29 is 9.31 Å². The van der Waals surface area contributed by atoms with Crippen molar-refractivity contribution in [3.05, 3.63) is 39.7 Å². The number of piperidine rings is 1. The highest BCUT2D eigenvalue weighted by Gasteiger charge is 2.22. The van der Waals surface area contributed by atoms with Crippen molar-refractivity contribution in [2.75, 3.05) is 19.6 Å². The molecule has 21 heavy (non-hydrogen) atoms. The van der Waals surface area contributed by atoms with Gasteiger partial charge < -0.3 is 5.32 Å². The third kappa shape index (κ3) is 4.47. The van der Waals surface area contributed by atoms with Crippen LogP contribution < -0.4 is 5.32 Å². The summed E-state index contributed by atoms with van der Waals surface area (Å²) in [5.74, 6) is -0.542. The molecule has 0 saturated carbocycles. The fraction of sp³-hybridized carbons (Fsp3) is 0.600. The Morgan fingerprint density at radius 1 is 1.43 bits per heavy atom. The quantitative estimate of drug-likeness (QED) is 0.647. The lowest BCUT2D eigenvalue weighted by Crippen LogP contribution is -2.44. The topological polar surface area (TPSA) is 58.4 Å². The minimum atomic E-state index is -0.543. The van der Waals surface area contributed by atoms with Gasteiger partial charge in [0.05, 0.1) is 11.0 Å². The van der Waals surface area contributed by atoms with Crippen LogP contribution in [0.5, 0.6) is 0 Å². The number of benzene rings is 1. The summed E-state index contributed by atoms with van der Waals surface area (Å²) >= 11 is 0. The molecule has 0 amide bonds. The number of likely N-dealkylation sites (tertiary alicyclic amines) is 1. The number of hydrogen-bond donors (Lipinski definition) is 1. The number of non-ortho nitro benzene ring substituents is 1. The minimum Gasteiger partial charge on any atom is -0.315 e. The normalized spacial score (nSPS) is 19.6. The molecular formula is C15H22FN3O2. The maximum absolute atomic E-state index is 13.5. The van der Waals surface area contributed by atoms with Crippen LogP contribution in [0.1, 0.15) is 31.7 Å². The Morgan fingerprint density at radius 2 is 2.24 bits per heavy atom. The van der Waals surface area contributed by atoms with Crippen LogP contribution in [0.4, 0.5) is 10.1 Å². The number of rotatable bonds is 6. The fourth-order valence-corrected chi connectivity index (χ4v) is 2.87. The van der Waals surface area contributed by atoms with Gasteiger partial charge in [-0.1, -0.05) is 13.3 Å². The summed E-state index contributed by atoms with van der Waals surface area (Å²) < 4.78 is 13.5. The zero-order chi connectivity index (χ0) is 15.2. The standard InChI is InChI=1S/C15H22FN3O2/c1-2-17-10-14-5-3-4-6-18(14)11-12-7-13(16)9-15(8-12)19(20)21/h7-9,14,17H,2-6,10-11H2,1H3. The molecule has 2 rings (SSSR count). The van der Waals surface area contributed by atoms with Gasteiger partial charge in [0, 0.05) is 25.2 Å². The fourth-order valence-electron chi connectivity index (χ4n) is 2.87. The van der Waals surface area contributed by atoms with Gasteiger partial charge in [-0.15, -0.1) is 0 Å². The van der Waals surface area contributed by atoms with Crippen LogP contribution in [-0.2, 0) is 6.54 Å². The van der Waals surface area contributed by atoms with Gasteiger partial charge in [-0.2, -0.15) is 0 Å². The van der Waals surface area contributed by atoms with E-state index in [2.05, 4.69) is 17.1 Å². The van der Waals surface area contributed by atoms with Crippen molar-refractivity contribution in [1.82, 2.24) is 10.2 Å². The molecule has 6 heteroatoms. The molecule has 0 radical (unpaired) electrons. The first-order valence-corrected chi connectivity index (χ1v) is 7.48. The second kappa shape index (κ2) is 7.47. The van der Waals surface area contributed by atoms with E-state index in [-0.39, 0.29) is 5.69 Å². The molecule has 1 aliphatic heterocycles. The van der Waals surface area contributed by atoms with Crippen LogP contribution in [0.15, 0.2) is 18.2 Å². The maximum Gasteiger partial charge on any atom is 0.272 e. The number of halogens is 1. The Kier molecular flexibility index (Phi) is 5.64. The molecule has 1 heterocycles. The SMILES string of the molecule is CCNCC1CCCCN1Cc1cc(F)cc([N+](=O)[O-])c1. The highest BCUT2D eigenvalue weighted by molar-refractivity contribution is 5.35. The van der Waals surface area contributed by atoms with E-state index in [4.69, 9.17) is 0 Å². The van der Waals surface area contributed by atoms with Gasteiger partial charge >= 0.3 is 0 Å². The average Bonchev–Trinajstić information content (AvgIpc) is 2.45. The third-order valence-corrected chi connectivity index (χ3v) is 3.92. The maximum atomic E-state index is 13.5. The summed E-state index contributed by atoms with van der Waals surface area (Å²) in [7, 11) is 0. The van der Waals surface area contributed by atoms with E-state index in [9.17, 15) is 14.5 Å². The van der Waals surface area contributed by atoms with Crippen LogP contribution in [0.25, 0.3) is 0 Å². The van der Waals surface area contributed by atoms with Gasteiger partial charge in [-0.3, -0.25) is 15.0 Å². The van der Waals surface area contributed by atoms with Crippen molar-refractivity contribution in [1.29, 1.82) is 0 Å². The van der Waals surface area contributed by atoms with E-state index in [0.29, 0.717) is 18.2 Å². The number of nitro groups is 1. The van der Waals surface area contributed by atoms with Crippen molar-refractivity contribution in [3.63, 3.8) is 0 Å². The van der Waals surface area contributed by atoms with Gasteiger partial charge in [0.1, 0.15) is 5.82 Å². The second-order valence-electron chi connectivity index (χ2n) is 5.50.